The van der Waals surface area contributed by atoms with Crippen LogP contribution in [0.3, 0.4) is 0 Å². The zero-order chi connectivity index (χ0) is 22.7. The lowest BCUT2D eigenvalue weighted by atomic mass is 10.1. The quantitative estimate of drug-likeness (QED) is 0.181. The maximum atomic E-state index is 12.6. The van der Waals surface area contributed by atoms with Gasteiger partial charge in [-0.15, -0.1) is 0 Å². The maximum absolute atomic E-state index is 12.6. The molecule has 0 saturated heterocycles. The van der Waals surface area contributed by atoms with Crippen molar-refractivity contribution < 1.29 is 18.7 Å². The van der Waals surface area contributed by atoms with Crippen LogP contribution >= 0.6 is 28.7 Å². The zero-order valence-corrected chi connectivity index (χ0v) is 19.5. The number of amides is 2. The molecule has 32 heavy (non-hydrogen) atoms. The zero-order valence-electron chi connectivity index (χ0n) is 17.0. The van der Waals surface area contributed by atoms with Gasteiger partial charge >= 0.3 is 12.0 Å². The van der Waals surface area contributed by atoms with Crippen molar-refractivity contribution in [3.05, 3.63) is 94.7 Å². The van der Waals surface area contributed by atoms with E-state index >= 15 is 0 Å². The van der Waals surface area contributed by atoms with E-state index in [-0.39, 0.29) is 17.8 Å². The van der Waals surface area contributed by atoms with Crippen molar-refractivity contribution in [3.8, 4) is 5.75 Å². The molecule has 1 N–H and O–H groups in total. The van der Waals surface area contributed by atoms with Gasteiger partial charge in [-0.1, -0.05) is 59.1 Å². The van der Waals surface area contributed by atoms with E-state index in [1.807, 2.05) is 49.4 Å². The second kappa shape index (κ2) is 9.50. The number of nitrogens with one attached hydrogen (secondary N) is 1. The molecule has 0 radical (unpaired) electrons. The van der Waals surface area contributed by atoms with Crippen molar-refractivity contribution in [1.29, 1.82) is 0 Å². The topological polar surface area (TPSA) is 71.8 Å². The van der Waals surface area contributed by atoms with Gasteiger partial charge in [0.25, 0.3) is 0 Å². The lowest BCUT2D eigenvalue weighted by Gasteiger charge is -2.20. The van der Waals surface area contributed by atoms with Gasteiger partial charge in [0.2, 0.25) is 5.76 Å². The highest BCUT2D eigenvalue weighted by atomic mass is 79.9. The minimum absolute atomic E-state index is 0.118. The highest BCUT2D eigenvalue weighted by Gasteiger charge is 2.17. The van der Waals surface area contributed by atoms with Crippen molar-refractivity contribution in [2.75, 3.05) is 4.31 Å². The number of para-hydroxylation sites is 1. The number of hydrogen-bond acceptors (Lipinski definition) is 5. The summed E-state index contributed by atoms with van der Waals surface area (Å²) >= 11 is 7.70. The molecule has 0 aliphatic rings. The molecular weight excluding hydrogens is 492 g/mol. The number of rotatable bonds is 5. The van der Waals surface area contributed by atoms with Crippen LogP contribution in [-0.2, 0) is 0 Å². The number of urea groups is 1. The van der Waals surface area contributed by atoms with Gasteiger partial charge in [-0.25, -0.2) is 13.9 Å². The van der Waals surface area contributed by atoms with Gasteiger partial charge in [0.05, 0.1) is 11.7 Å². The fraction of sp³-hybridized carbons (Fsp3) is 0.0833. The number of furan rings is 1. The Kier molecular flexibility index (Phi) is 6.53. The number of fused-ring (bicyclic) bond motifs is 1. The van der Waals surface area contributed by atoms with Gasteiger partial charge in [-0.3, -0.25) is 0 Å². The standard InChI is InChI=1S/C24H19BrN2O4S/c1-15(16-6-8-18(25)9-7-16)26-24(29)27(32)19-10-12-20(13-11-19)30-23(28)22-14-17-4-2-3-5-21(17)31-22/h2-15,32H,1H3,(H,26,29). The van der Waals surface area contributed by atoms with E-state index < -0.39 is 5.97 Å². The highest BCUT2D eigenvalue weighted by molar-refractivity contribution is 9.10. The molecule has 1 heterocycles. The number of hydrogen-bond donors (Lipinski definition) is 2. The summed E-state index contributed by atoms with van der Waals surface area (Å²) in [6, 6.07) is 22.5. The summed E-state index contributed by atoms with van der Waals surface area (Å²) in [6.45, 7) is 1.89. The summed E-state index contributed by atoms with van der Waals surface area (Å²) in [5.74, 6) is -0.158. The molecule has 0 fully saturated rings. The lowest BCUT2D eigenvalue weighted by molar-refractivity contribution is 0.0704. The van der Waals surface area contributed by atoms with Crippen LogP contribution in [0, 0.1) is 0 Å². The number of carbonyl (C=O) groups is 2. The highest BCUT2D eigenvalue weighted by Crippen LogP contribution is 2.24. The lowest BCUT2D eigenvalue weighted by Crippen LogP contribution is -2.35. The van der Waals surface area contributed by atoms with Crippen LogP contribution < -0.4 is 14.4 Å². The number of anilines is 1. The Bertz CT molecular complexity index is 1220. The van der Waals surface area contributed by atoms with Crippen LogP contribution in [0.4, 0.5) is 10.5 Å². The Balaban J connectivity index is 1.38. The number of ether oxygens (including phenoxy) is 1. The van der Waals surface area contributed by atoms with E-state index in [4.69, 9.17) is 9.15 Å². The summed E-state index contributed by atoms with van der Waals surface area (Å²) in [7, 11) is 0. The number of esters is 1. The molecule has 0 aliphatic carbocycles. The van der Waals surface area contributed by atoms with Crippen molar-refractivity contribution >= 4 is 57.4 Å². The van der Waals surface area contributed by atoms with Gasteiger partial charge < -0.3 is 14.5 Å². The molecule has 6 nitrogen and oxygen atoms in total. The summed E-state index contributed by atoms with van der Waals surface area (Å²) in [5.41, 5.74) is 2.11. The second-order valence-corrected chi connectivity index (χ2v) is 8.38. The Labute approximate surface area is 198 Å². The molecule has 0 saturated carbocycles. The Morgan fingerprint density at radius 1 is 1.03 bits per heavy atom. The van der Waals surface area contributed by atoms with E-state index in [2.05, 4.69) is 34.1 Å². The molecule has 8 heteroatoms. The smallest absolute Gasteiger partial charge is 0.379 e. The van der Waals surface area contributed by atoms with Crippen LogP contribution in [0.25, 0.3) is 11.0 Å². The minimum Gasteiger partial charge on any atom is -0.449 e. The summed E-state index contributed by atoms with van der Waals surface area (Å²) < 4.78 is 13.1. The summed E-state index contributed by atoms with van der Waals surface area (Å²) in [6.07, 6.45) is 0. The Hall–Kier alpha value is -3.23. The van der Waals surface area contributed by atoms with E-state index in [0.717, 1.165) is 15.4 Å². The molecule has 2 amide bonds. The molecule has 0 aliphatic heterocycles. The molecule has 4 rings (SSSR count). The van der Waals surface area contributed by atoms with Gasteiger partial charge in [0.15, 0.2) is 0 Å². The van der Waals surface area contributed by atoms with Gasteiger partial charge in [-0.2, -0.15) is 0 Å². The molecular formula is C24H19BrN2O4S. The van der Waals surface area contributed by atoms with E-state index in [9.17, 15) is 9.59 Å². The molecule has 4 aromatic rings. The molecule has 1 atom stereocenters. The first-order chi connectivity index (χ1) is 15.4. The predicted molar refractivity (Wildman–Crippen MR) is 130 cm³/mol. The normalized spacial score (nSPS) is 11.7. The average molecular weight is 511 g/mol. The first-order valence-electron chi connectivity index (χ1n) is 9.76. The molecule has 1 aromatic heterocycles. The minimum atomic E-state index is -0.599. The predicted octanol–water partition coefficient (Wildman–Crippen LogP) is 6.54. The molecule has 3 aromatic carbocycles. The van der Waals surface area contributed by atoms with Crippen LogP contribution in [0.1, 0.15) is 29.1 Å². The average Bonchev–Trinajstić information content (AvgIpc) is 3.24. The first kappa shape index (κ1) is 22.0. The monoisotopic (exact) mass is 510 g/mol. The number of carbonyl (C=O) groups excluding carboxylic acids is 2. The molecule has 0 bridgehead atoms. The fourth-order valence-electron chi connectivity index (χ4n) is 3.09. The SMILES string of the molecule is CC(NC(=O)N(S)c1ccc(OC(=O)c2cc3ccccc3o2)cc1)c1ccc(Br)cc1. The third-order valence-electron chi connectivity index (χ3n) is 4.82. The maximum Gasteiger partial charge on any atom is 0.379 e. The third kappa shape index (κ3) is 4.98. The molecule has 162 valence electrons. The van der Waals surface area contributed by atoms with E-state index in [1.54, 1.807) is 36.4 Å². The number of halogens is 1. The summed E-state index contributed by atoms with van der Waals surface area (Å²) in [5, 5.41) is 3.72. The molecule has 0 spiro atoms. The Morgan fingerprint density at radius 3 is 2.41 bits per heavy atom. The number of benzene rings is 3. The number of nitrogens with zero attached hydrogens (tertiary/aromatic N) is 1. The van der Waals surface area contributed by atoms with Crippen molar-refractivity contribution in [2.45, 2.75) is 13.0 Å². The van der Waals surface area contributed by atoms with Crippen LogP contribution in [0.15, 0.2) is 87.8 Å². The van der Waals surface area contributed by atoms with E-state index in [0.29, 0.717) is 17.0 Å². The first-order valence-corrected chi connectivity index (χ1v) is 11.0. The van der Waals surface area contributed by atoms with Gasteiger partial charge in [0, 0.05) is 9.86 Å². The number of thiol groups is 1. The molecule has 1 unspecified atom stereocenters. The largest absolute Gasteiger partial charge is 0.449 e. The van der Waals surface area contributed by atoms with Crippen LogP contribution in [-0.4, -0.2) is 12.0 Å². The van der Waals surface area contributed by atoms with Gasteiger partial charge in [0.1, 0.15) is 11.3 Å². The van der Waals surface area contributed by atoms with E-state index in [1.165, 1.54) is 4.31 Å². The second-order valence-electron chi connectivity index (χ2n) is 7.07. The van der Waals surface area contributed by atoms with Crippen LogP contribution in [0.5, 0.6) is 5.75 Å². The van der Waals surface area contributed by atoms with Crippen molar-refractivity contribution in [1.82, 2.24) is 5.32 Å². The third-order valence-corrected chi connectivity index (χ3v) is 5.76. The van der Waals surface area contributed by atoms with Gasteiger partial charge in [-0.05, 0) is 61.0 Å². The van der Waals surface area contributed by atoms with Crippen LogP contribution in [0.2, 0.25) is 0 Å². The Morgan fingerprint density at radius 2 is 1.72 bits per heavy atom. The van der Waals surface area contributed by atoms with Crippen molar-refractivity contribution in [2.24, 2.45) is 0 Å². The van der Waals surface area contributed by atoms with Crippen molar-refractivity contribution in [3.63, 3.8) is 0 Å². The summed E-state index contributed by atoms with van der Waals surface area (Å²) in [4.78, 5) is 24.9. The fourth-order valence-corrected chi connectivity index (χ4v) is 3.55.